The minimum Gasteiger partial charge on any atom is -0.465 e. The molecule has 0 aliphatic carbocycles. The highest BCUT2D eigenvalue weighted by atomic mass is 16.5. The second kappa shape index (κ2) is 8.90. The SMILES string of the molecule is Cc1cccc(Nc2nc(N[C@@H]3CCOC(C(C)(C)C)[C@@H]3NC(=O)O)cc3c2C(=O)NC3)c1. The van der Waals surface area contributed by atoms with Gasteiger partial charge in [-0.2, -0.15) is 0 Å². The average Bonchev–Trinajstić information content (AvgIpc) is 3.09. The number of rotatable bonds is 5. The third kappa shape index (κ3) is 5.03. The van der Waals surface area contributed by atoms with E-state index >= 15 is 0 Å². The summed E-state index contributed by atoms with van der Waals surface area (Å²) >= 11 is 0. The predicted octanol–water partition coefficient (Wildman–Crippen LogP) is 3.63. The number of aryl methyl sites for hydroxylation is 1. The van der Waals surface area contributed by atoms with Crippen LogP contribution in [0.4, 0.5) is 22.1 Å². The van der Waals surface area contributed by atoms with Gasteiger partial charge in [-0.15, -0.1) is 0 Å². The van der Waals surface area contributed by atoms with Crippen molar-refractivity contribution in [1.29, 1.82) is 0 Å². The Labute approximate surface area is 193 Å². The van der Waals surface area contributed by atoms with Crippen molar-refractivity contribution in [3.63, 3.8) is 0 Å². The normalized spacial score (nSPS) is 22.3. The third-order valence-corrected chi connectivity index (χ3v) is 6.01. The standard InChI is InChI=1S/C24H31N5O4/c1-13-6-5-7-15(10-13)26-21-18-14(12-25-22(18)30)11-17(28-21)27-16-8-9-33-20(24(2,3)4)19(16)29-23(31)32/h5-7,10-11,16,19-20,29H,8-9,12H2,1-4H3,(H,25,30)(H,31,32)(H2,26,27,28)/t16-,19-,20?/m1/s1. The van der Waals surface area contributed by atoms with Crippen LogP contribution in [0.3, 0.4) is 0 Å². The van der Waals surface area contributed by atoms with E-state index in [0.717, 1.165) is 16.8 Å². The fourth-order valence-electron chi connectivity index (χ4n) is 4.55. The van der Waals surface area contributed by atoms with Crippen molar-refractivity contribution in [2.45, 2.75) is 58.8 Å². The zero-order valence-corrected chi connectivity index (χ0v) is 19.4. The van der Waals surface area contributed by atoms with Crippen LogP contribution in [0, 0.1) is 12.3 Å². The Morgan fingerprint density at radius 3 is 2.76 bits per heavy atom. The first-order valence-electron chi connectivity index (χ1n) is 11.2. The number of nitrogens with one attached hydrogen (secondary N) is 4. The highest BCUT2D eigenvalue weighted by Crippen LogP contribution is 2.33. The molecule has 0 spiro atoms. The van der Waals surface area contributed by atoms with Gasteiger partial charge in [0.1, 0.15) is 11.6 Å². The molecular weight excluding hydrogens is 422 g/mol. The van der Waals surface area contributed by atoms with Crippen LogP contribution >= 0.6 is 0 Å². The zero-order valence-electron chi connectivity index (χ0n) is 19.4. The van der Waals surface area contributed by atoms with Gasteiger partial charge in [0, 0.05) is 18.8 Å². The Morgan fingerprint density at radius 2 is 2.06 bits per heavy atom. The number of amides is 2. The molecule has 2 amide bonds. The fraction of sp³-hybridized carbons (Fsp3) is 0.458. The second-order valence-corrected chi connectivity index (χ2v) is 9.74. The predicted molar refractivity (Wildman–Crippen MR) is 126 cm³/mol. The minimum absolute atomic E-state index is 0.163. The Hall–Kier alpha value is -3.33. The first kappa shape index (κ1) is 22.8. The van der Waals surface area contributed by atoms with E-state index in [0.29, 0.717) is 36.8 Å². The van der Waals surface area contributed by atoms with Crippen LogP contribution in [0.2, 0.25) is 0 Å². The number of carbonyl (C=O) groups is 2. The van der Waals surface area contributed by atoms with Crippen molar-refractivity contribution in [3.8, 4) is 0 Å². The molecule has 3 atom stereocenters. The van der Waals surface area contributed by atoms with E-state index in [2.05, 4.69) is 21.3 Å². The van der Waals surface area contributed by atoms with Gasteiger partial charge >= 0.3 is 6.09 Å². The summed E-state index contributed by atoms with van der Waals surface area (Å²) in [7, 11) is 0. The van der Waals surface area contributed by atoms with Gasteiger partial charge in [-0.3, -0.25) is 4.79 Å². The number of nitrogens with zero attached hydrogens (tertiary/aromatic N) is 1. The molecule has 1 saturated heterocycles. The third-order valence-electron chi connectivity index (χ3n) is 6.01. The molecule has 1 fully saturated rings. The van der Waals surface area contributed by atoms with Gasteiger partial charge in [-0.05, 0) is 48.1 Å². The highest BCUT2D eigenvalue weighted by Gasteiger charge is 2.42. The maximum Gasteiger partial charge on any atom is 0.405 e. The molecule has 4 rings (SSSR count). The summed E-state index contributed by atoms with van der Waals surface area (Å²) in [6.07, 6.45) is -0.777. The molecular formula is C24H31N5O4. The molecule has 176 valence electrons. The van der Waals surface area contributed by atoms with E-state index < -0.39 is 12.1 Å². The maximum absolute atomic E-state index is 12.5. The largest absolute Gasteiger partial charge is 0.465 e. The number of benzene rings is 1. The topological polar surface area (TPSA) is 125 Å². The monoisotopic (exact) mass is 453 g/mol. The van der Waals surface area contributed by atoms with Crippen LogP contribution in [0.15, 0.2) is 30.3 Å². The van der Waals surface area contributed by atoms with Gasteiger partial charge in [0.05, 0.1) is 23.8 Å². The zero-order chi connectivity index (χ0) is 23.8. The maximum atomic E-state index is 12.5. The van der Waals surface area contributed by atoms with E-state index in [4.69, 9.17) is 9.72 Å². The van der Waals surface area contributed by atoms with Crippen LogP contribution in [-0.2, 0) is 11.3 Å². The molecule has 3 heterocycles. The van der Waals surface area contributed by atoms with Gasteiger partial charge in [-0.25, -0.2) is 9.78 Å². The second-order valence-electron chi connectivity index (χ2n) is 9.74. The molecule has 5 N–H and O–H groups in total. The Kier molecular flexibility index (Phi) is 6.16. The molecule has 1 unspecified atom stereocenters. The first-order valence-corrected chi connectivity index (χ1v) is 11.2. The van der Waals surface area contributed by atoms with Crippen LogP contribution in [0.5, 0.6) is 0 Å². The highest BCUT2D eigenvalue weighted by molar-refractivity contribution is 6.03. The van der Waals surface area contributed by atoms with Crippen molar-refractivity contribution in [1.82, 2.24) is 15.6 Å². The summed E-state index contributed by atoms with van der Waals surface area (Å²) in [6.45, 7) is 9.03. The number of anilines is 3. The Balaban J connectivity index is 1.66. The van der Waals surface area contributed by atoms with Crippen molar-refractivity contribution in [2.24, 2.45) is 5.41 Å². The van der Waals surface area contributed by atoms with Crippen molar-refractivity contribution in [3.05, 3.63) is 47.0 Å². The number of hydrogen-bond donors (Lipinski definition) is 5. The van der Waals surface area contributed by atoms with Crippen LogP contribution in [0.1, 0.15) is 48.7 Å². The minimum atomic E-state index is -1.09. The summed E-state index contributed by atoms with van der Waals surface area (Å²) in [6, 6.07) is 9.03. The number of carboxylic acid groups (broad SMARTS) is 1. The fourth-order valence-corrected chi connectivity index (χ4v) is 4.55. The Bertz CT molecular complexity index is 1070. The van der Waals surface area contributed by atoms with Gasteiger partial charge < -0.3 is 31.1 Å². The number of fused-ring (bicyclic) bond motifs is 1. The van der Waals surface area contributed by atoms with Crippen LogP contribution < -0.4 is 21.3 Å². The lowest BCUT2D eigenvalue weighted by molar-refractivity contribution is -0.0713. The summed E-state index contributed by atoms with van der Waals surface area (Å²) in [4.78, 5) is 28.7. The van der Waals surface area contributed by atoms with Gasteiger partial charge in [0.15, 0.2) is 0 Å². The van der Waals surface area contributed by atoms with E-state index in [1.165, 1.54) is 0 Å². The lowest BCUT2D eigenvalue weighted by atomic mass is 9.80. The van der Waals surface area contributed by atoms with Crippen molar-refractivity contribution < 1.29 is 19.4 Å². The van der Waals surface area contributed by atoms with Crippen molar-refractivity contribution in [2.75, 3.05) is 17.2 Å². The average molecular weight is 454 g/mol. The molecule has 0 bridgehead atoms. The summed E-state index contributed by atoms with van der Waals surface area (Å²) in [5, 5.41) is 21.7. The first-order chi connectivity index (χ1) is 15.6. The molecule has 1 aromatic heterocycles. The van der Waals surface area contributed by atoms with Crippen molar-refractivity contribution >= 4 is 29.3 Å². The molecule has 0 radical (unpaired) electrons. The van der Waals surface area contributed by atoms with E-state index in [-0.39, 0.29) is 23.5 Å². The van der Waals surface area contributed by atoms with Crippen LogP contribution in [0.25, 0.3) is 0 Å². The van der Waals surface area contributed by atoms with Gasteiger partial charge in [-0.1, -0.05) is 32.9 Å². The smallest absolute Gasteiger partial charge is 0.405 e. The molecule has 2 aliphatic heterocycles. The van der Waals surface area contributed by atoms with E-state index in [1.807, 2.05) is 58.0 Å². The molecule has 9 nitrogen and oxygen atoms in total. The van der Waals surface area contributed by atoms with E-state index in [9.17, 15) is 14.7 Å². The van der Waals surface area contributed by atoms with E-state index in [1.54, 1.807) is 0 Å². The molecule has 0 saturated carbocycles. The Morgan fingerprint density at radius 1 is 1.27 bits per heavy atom. The molecule has 2 aliphatic rings. The lowest BCUT2D eigenvalue weighted by Crippen LogP contribution is -2.60. The number of hydrogen-bond acceptors (Lipinski definition) is 6. The molecule has 33 heavy (non-hydrogen) atoms. The molecule has 9 heteroatoms. The summed E-state index contributed by atoms with van der Waals surface area (Å²) in [5.41, 5.74) is 3.04. The van der Waals surface area contributed by atoms with Gasteiger partial charge in [0.2, 0.25) is 0 Å². The summed E-state index contributed by atoms with van der Waals surface area (Å²) in [5.74, 6) is 0.887. The number of aromatic nitrogens is 1. The van der Waals surface area contributed by atoms with Gasteiger partial charge in [0.25, 0.3) is 5.91 Å². The number of pyridine rings is 1. The number of ether oxygens (including phenoxy) is 1. The lowest BCUT2D eigenvalue weighted by Gasteiger charge is -2.44. The van der Waals surface area contributed by atoms with Crippen LogP contribution in [-0.4, -0.2) is 46.9 Å². The quantitative estimate of drug-likeness (QED) is 0.468. The summed E-state index contributed by atoms with van der Waals surface area (Å²) < 4.78 is 5.97. The number of carbonyl (C=O) groups excluding carboxylic acids is 1. The molecule has 2 aromatic rings. The molecule has 1 aromatic carbocycles.